The quantitative estimate of drug-likeness (QED) is 0.869. The predicted octanol–water partition coefficient (Wildman–Crippen LogP) is 2.85. The number of carbonyl (C=O) groups excluding carboxylic acids is 1. The summed E-state index contributed by atoms with van der Waals surface area (Å²) in [6.45, 7) is 0.619. The van der Waals surface area contributed by atoms with Crippen LogP contribution in [0.2, 0.25) is 0 Å². The van der Waals surface area contributed by atoms with Gasteiger partial charge in [-0.25, -0.2) is 4.98 Å². The van der Waals surface area contributed by atoms with Crippen molar-refractivity contribution >= 4 is 17.2 Å². The summed E-state index contributed by atoms with van der Waals surface area (Å²) in [5, 5.41) is 4.20. The number of rotatable bonds is 3. The Kier molecular flexibility index (Phi) is 3.14. The fourth-order valence-electron chi connectivity index (χ4n) is 3.86. The van der Waals surface area contributed by atoms with Crippen molar-refractivity contribution in [1.82, 2.24) is 10.3 Å². The largest absolute Gasteiger partial charge is 0.349 e. The Morgan fingerprint density at radius 3 is 2.95 bits per heavy atom. The van der Waals surface area contributed by atoms with Crippen LogP contribution in [-0.4, -0.2) is 10.9 Å². The Balaban J connectivity index is 1.37. The van der Waals surface area contributed by atoms with E-state index in [1.807, 2.05) is 0 Å². The molecule has 1 saturated carbocycles. The van der Waals surface area contributed by atoms with Crippen molar-refractivity contribution in [3.63, 3.8) is 0 Å². The zero-order valence-electron chi connectivity index (χ0n) is 11.6. The fraction of sp³-hybridized carbons (Fsp3) is 0.625. The maximum absolute atomic E-state index is 12.3. The van der Waals surface area contributed by atoms with Gasteiger partial charge in [0.1, 0.15) is 5.01 Å². The van der Waals surface area contributed by atoms with Crippen molar-refractivity contribution in [1.29, 1.82) is 0 Å². The summed E-state index contributed by atoms with van der Waals surface area (Å²) < 4.78 is 0. The maximum atomic E-state index is 12.3. The molecule has 1 aromatic rings. The molecule has 0 radical (unpaired) electrons. The van der Waals surface area contributed by atoms with Gasteiger partial charge in [0.25, 0.3) is 0 Å². The third-order valence-corrected chi connectivity index (χ3v) is 6.08. The second-order valence-electron chi connectivity index (χ2n) is 6.29. The van der Waals surface area contributed by atoms with E-state index in [2.05, 4.69) is 22.5 Å². The van der Waals surface area contributed by atoms with Crippen molar-refractivity contribution < 1.29 is 4.79 Å². The van der Waals surface area contributed by atoms with E-state index in [1.165, 1.54) is 36.3 Å². The summed E-state index contributed by atoms with van der Waals surface area (Å²) >= 11 is 1.80. The van der Waals surface area contributed by atoms with Crippen LogP contribution in [0.25, 0.3) is 0 Å². The minimum absolute atomic E-state index is 0.208. The van der Waals surface area contributed by atoms with Crippen LogP contribution in [-0.2, 0) is 24.2 Å². The minimum Gasteiger partial charge on any atom is -0.349 e. The van der Waals surface area contributed by atoms with Gasteiger partial charge < -0.3 is 5.32 Å². The highest BCUT2D eigenvalue weighted by atomic mass is 32.1. The summed E-state index contributed by atoms with van der Waals surface area (Å²) in [5.74, 6) is 1.59. The molecule has 1 amide bonds. The second kappa shape index (κ2) is 4.99. The zero-order chi connectivity index (χ0) is 13.5. The van der Waals surface area contributed by atoms with Gasteiger partial charge in [0, 0.05) is 10.8 Å². The molecule has 0 aliphatic heterocycles. The monoisotopic (exact) mass is 288 g/mol. The number of allylic oxidation sites excluding steroid dienone is 2. The summed E-state index contributed by atoms with van der Waals surface area (Å²) in [6.07, 6.45) is 11.6. The Bertz CT molecular complexity index is 539. The Morgan fingerprint density at radius 1 is 1.30 bits per heavy atom. The molecule has 0 saturated heterocycles. The average molecular weight is 288 g/mol. The van der Waals surface area contributed by atoms with E-state index in [0.717, 1.165) is 17.8 Å². The Hall–Kier alpha value is -1.16. The number of thiazole rings is 1. The average Bonchev–Trinajstić information content (AvgIpc) is 3.18. The molecule has 0 spiro atoms. The van der Waals surface area contributed by atoms with Gasteiger partial charge in [0.2, 0.25) is 5.91 Å². The number of aryl methyl sites for hydroxylation is 2. The first-order valence-corrected chi connectivity index (χ1v) is 8.55. The first-order valence-electron chi connectivity index (χ1n) is 7.73. The predicted molar refractivity (Wildman–Crippen MR) is 79.4 cm³/mol. The van der Waals surface area contributed by atoms with E-state index in [9.17, 15) is 4.79 Å². The number of hydrogen-bond acceptors (Lipinski definition) is 3. The van der Waals surface area contributed by atoms with Crippen LogP contribution < -0.4 is 5.32 Å². The lowest BCUT2D eigenvalue weighted by Crippen LogP contribution is -2.32. The minimum atomic E-state index is 0.208. The van der Waals surface area contributed by atoms with Gasteiger partial charge in [0.15, 0.2) is 0 Å². The number of amides is 1. The summed E-state index contributed by atoms with van der Waals surface area (Å²) in [4.78, 5) is 18.4. The van der Waals surface area contributed by atoms with E-state index < -0.39 is 0 Å². The van der Waals surface area contributed by atoms with E-state index in [1.54, 1.807) is 11.3 Å². The van der Waals surface area contributed by atoms with Crippen LogP contribution in [0.1, 0.15) is 41.3 Å². The molecule has 3 nitrogen and oxygen atoms in total. The van der Waals surface area contributed by atoms with Crippen LogP contribution in [0, 0.1) is 17.8 Å². The van der Waals surface area contributed by atoms with Gasteiger partial charge in [-0.2, -0.15) is 0 Å². The third-order valence-electron chi connectivity index (χ3n) is 4.92. The molecule has 4 rings (SSSR count). The molecular weight excluding hydrogens is 268 g/mol. The molecular formula is C16H20N2OS. The summed E-state index contributed by atoms with van der Waals surface area (Å²) in [7, 11) is 0. The second-order valence-corrected chi connectivity index (χ2v) is 7.46. The van der Waals surface area contributed by atoms with Crippen molar-refractivity contribution in [2.75, 3.05) is 0 Å². The molecule has 3 atom stereocenters. The molecule has 3 aliphatic carbocycles. The molecule has 4 heteroatoms. The van der Waals surface area contributed by atoms with Crippen LogP contribution in [0.4, 0.5) is 0 Å². The Labute approximate surface area is 123 Å². The highest BCUT2D eigenvalue weighted by Crippen LogP contribution is 2.43. The lowest BCUT2D eigenvalue weighted by atomic mass is 9.93. The number of nitrogens with zero attached hydrogens (tertiary/aromatic N) is 1. The first kappa shape index (κ1) is 12.6. The van der Waals surface area contributed by atoms with Crippen molar-refractivity contribution in [3.05, 3.63) is 27.7 Å². The van der Waals surface area contributed by atoms with Crippen molar-refractivity contribution in [3.8, 4) is 0 Å². The molecule has 1 N–H and O–H groups in total. The van der Waals surface area contributed by atoms with E-state index >= 15 is 0 Å². The number of hydrogen-bond donors (Lipinski definition) is 1. The molecule has 0 unspecified atom stereocenters. The van der Waals surface area contributed by atoms with E-state index in [-0.39, 0.29) is 11.8 Å². The highest BCUT2D eigenvalue weighted by Gasteiger charge is 2.39. The topological polar surface area (TPSA) is 42.0 Å². The standard InChI is InChI=1S/C16H20N2OS/c19-16(12-8-10-5-6-11(12)7-10)17-9-15-18-13-3-1-2-4-14(13)20-15/h5-6,10-12H,1-4,7-9H2,(H,17,19)/t10-,11+,12+/m1/s1. The van der Waals surface area contributed by atoms with Gasteiger partial charge >= 0.3 is 0 Å². The van der Waals surface area contributed by atoms with Gasteiger partial charge in [-0.15, -0.1) is 11.3 Å². The molecule has 1 fully saturated rings. The van der Waals surface area contributed by atoms with Gasteiger partial charge in [0.05, 0.1) is 12.2 Å². The zero-order valence-corrected chi connectivity index (χ0v) is 12.4. The first-order chi connectivity index (χ1) is 9.79. The normalized spacial score (nSPS) is 30.5. The van der Waals surface area contributed by atoms with Crippen LogP contribution >= 0.6 is 11.3 Å². The van der Waals surface area contributed by atoms with Crippen LogP contribution in [0.15, 0.2) is 12.2 Å². The molecule has 2 bridgehead atoms. The number of fused-ring (bicyclic) bond motifs is 3. The number of nitrogens with one attached hydrogen (secondary N) is 1. The maximum Gasteiger partial charge on any atom is 0.224 e. The Morgan fingerprint density at radius 2 is 2.20 bits per heavy atom. The molecule has 106 valence electrons. The SMILES string of the molecule is O=C(NCc1nc2c(s1)CCCC2)[C@H]1C[C@@H]2C=C[C@H]1C2. The van der Waals surface area contributed by atoms with Gasteiger partial charge in [-0.3, -0.25) is 4.79 Å². The molecule has 0 aromatic carbocycles. The van der Waals surface area contributed by atoms with Gasteiger partial charge in [-0.1, -0.05) is 12.2 Å². The number of carbonyl (C=O) groups is 1. The van der Waals surface area contributed by atoms with Crippen LogP contribution in [0.3, 0.4) is 0 Å². The fourth-order valence-corrected chi connectivity index (χ4v) is 4.95. The molecule has 1 aromatic heterocycles. The summed E-state index contributed by atoms with van der Waals surface area (Å²) in [5.41, 5.74) is 1.29. The van der Waals surface area contributed by atoms with Crippen LogP contribution in [0.5, 0.6) is 0 Å². The van der Waals surface area contributed by atoms with E-state index in [0.29, 0.717) is 18.4 Å². The molecule has 20 heavy (non-hydrogen) atoms. The number of aromatic nitrogens is 1. The highest BCUT2D eigenvalue weighted by molar-refractivity contribution is 7.11. The lowest BCUT2D eigenvalue weighted by Gasteiger charge is -2.16. The smallest absolute Gasteiger partial charge is 0.224 e. The van der Waals surface area contributed by atoms with Crippen molar-refractivity contribution in [2.45, 2.75) is 45.1 Å². The van der Waals surface area contributed by atoms with Gasteiger partial charge in [-0.05, 0) is 50.4 Å². The molecule has 3 aliphatic rings. The third kappa shape index (κ3) is 2.20. The summed E-state index contributed by atoms with van der Waals surface area (Å²) in [6, 6.07) is 0. The molecule has 1 heterocycles. The lowest BCUT2D eigenvalue weighted by molar-refractivity contribution is -0.125. The van der Waals surface area contributed by atoms with Crippen molar-refractivity contribution in [2.24, 2.45) is 17.8 Å². The van der Waals surface area contributed by atoms with E-state index in [4.69, 9.17) is 0 Å².